The van der Waals surface area contributed by atoms with Crippen LogP contribution in [0.3, 0.4) is 0 Å². The van der Waals surface area contributed by atoms with E-state index in [0.29, 0.717) is 23.8 Å². The van der Waals surface area contributed by atoms with Crippen LogP contribution in [-0.2, 0) is 6.42 Å². The molecule has 0 fully saturated rings. The largest absolute Gasteiger partial charge is 0.497 e. The summed E-state index contributed by atoms with van der Waals surface area (Å²) in [5.74, 6) is 0.993. The number of carbonyl (C=O) groups is 1. The van der Waals surface area contributed by atoms with E-state index in [-0.39, 0.29) is 5.91 Å². The number of methoxy groups -OCH3 is 1. The van der Waals surface area contributed by atoms with Gasteiger partial charge in [0.1, 0.15) is 5.75 Å². The maximum Gasteiger partial charge on any atom is 0.254 e. The van der Waals surface area contributed by atoms with Crippen molar-refractivity contribution in [2.45, 2.75) is 19.8 Å². The number of ether oxygens (including phenoxy) is 1. The van der Waals surface area contributed by atoms with Gasteiger partial charge in [0.2, 0.25) is 0 Å². The summed E-state index contributed by atoms with van der Waals surface area (Å²) >= 11 is 0. The SMILES string of the molecule is COc1cccc(-c2ccnc(-n3ncc(C(=O)NCCCc4ccncc4)c3C)n2)c1. The highest BCUT2D eigenvalue weighted by Crippen LogP contribution is 2.22. The number of aromatic nitrogens is 5. The van der Waals surface area contributed by atoms with Crippen LogP contribution < -0.4 is 10.1 Å². The van der Waals surface area contributed by atoms with Gasteiger partial charge in [-0.3, -0.25) is 9.78 Å². The quantitative estimate of drug-likeness (QED) is 0.432. The standard InChI is InChI=1S/C24H24N6O2/c1-17-21(23(31)26-11-4-5-18-8-12-25-13-9-18)16-28-30(17)24-27-14-10-22(29-24)19-6-3-7-20(15-19)32-2/h3,6-10,12-16H,4-5,11H2,1-2H3,(H,26,31). The number of carbonyl (C=O) groups excluding carboxylic acids is 1. The summed E-state index contributed by atoms with van der Waals surface area (Å²) in [6.07, 6.45) is 8.50. The zero-order chi connectivity index (χ0) is 22.3. The van der Waals surface area contributed by atoms with Crippen LogP contribution in [0, 0.1) is 6.92 Å². The van der Waals surface area contributed by atoms with Crippen LogP contribution in [0.1, 0.15) is 28.0 Å². The number of amides is 1. The molecule has 4 rings (SSSR count). The molecule has 8 nitrogen and oxygen atoms in total. The Bertz CT molecular complexity index is 1210. The van der Waals surface area contributed by atoms with Crippen molar-refractivity contribution >= 4 is 5.91 Å². The van der Waals surface area contributed by atoms with Crippen molar-refractivity contribution in [1.29, 1.82) is 0 Å². The van der Waals surface area contributed by atoms with Gasteiger partial charge in [-0.25, -0.2) is 14.6 Å². The summed E-state index contributed by atoms with van der Waals surface area (Å²) in [6.45, 7) is 2.41. The fourth-order valence-electron chi connectivity index (χ4n) is 3.37. The highest BCUT2D eigenvalue weighted by Gasteiger charge is 2.16. The second kappa shape index (κ2) is 9.82. The van der Waals surface area contributed by atoms with Crippen molar-refractivity contribution in [3.8, 4) is 23.0 Å². The molecule has 0 aliphatic rings. The van der Waals surface area contributed by atoms with Gasteiger partial charge in [0.05, 0.1) is 30.3 Å². The summed E-state index contributed by atoms with van der Waals surface area (Å²) in [6, 6.07) is 13.4. The summed E-state index contributed by atoms with van der Waals surface area (Å²) in [7, 11) is 1.63. The van der Waals surface area contributed by atoms with Crippen LogP contribution in [0.15, 0.2) is 67.3 Å². The lowest BCUT2D eigenvalue weighted by Crippen LogP contribution is -2.25. The minimum Gasteiger partial charge on any atom is -0.497 e. The average Bonchev–Trinajstić information content (AvgIpc) is 3.24. The van der Waals surface area contributed by atoms with Crippen molar-refractivity contribution < 1.29 is 9.53 Å². The molecule has 0 saturated carbocycles. The zero-order valence-electron chi connectivity index (χ0n) is 18.0. The average molecular weight is 428 g/mol. The highest BCUT2D eigenvalue weighted by molar-refractivity contribution is 5.95. The Labute approximate surface area is 186 Å². The van der Waals surface area contributed by atoms with E-state index in [9.17, 15) is 4.79 Å². The van der Waals surface area contributed by atoms with E-state index in [2.05, 4.69) is 25.4 Å². The van der Waals surface area contributed by atoms with Gasteiger partial charge >= 0.3 is 0 Å². The second-order valence-corrected chi connectivity index (χ2v) is 7.24. The molecular weight excluding hydrogens is 404 g/mol. The highest BCUT2D eigenvalue weighted by atomic mass is 16.5. The fraction of sp³-hybridized carbons (Fsp3) is 0.208. The van der Waals surface area contributed by atoms with Gasteiger partial charge in [0, 0.05) is 30.7 Å². The maximum absolute atomic E-state index is 12.7. The minimum atomic E-state index is -0.160. The molecule has 0 radical (unpaired) electrons. The third-order valence-electron chi connectivity index (χ3n) is 5.13. The summed E-state index contributed by atoms with van der Waals surface area (Å²) in [5, 5.41) is 7.31. The lowest BCUT2D eigenvalue weighted by Gasteiger charge is -2.08. The van der Waals surface area contributed by atoms with Gasteiger partial charge in [0.25, 0.3) is 11.9 Å². The van der Waals surface area contributed by atoms with Crippen LogP contribution in [-0.4, -0.2) is 44.3 Å². The maximum atomic E-state index is 12.7. The first-order valence-electron chi connectivity index (χ1n) is 10.4. The molecule has 0 atom stereocenters. The zero-order valence-corrected chi connectivity index (χ0v) is 18.0. The minimum absolute atomic E-state index is 0.160. The van der Waals surface area contributed by atoms with Crippen LogP contribution in [0.2, 0.25) is 0 Å². The Morgan fingerprint density at radius 1 is 1.12 bits per heavy atom. The molecule has 0 aliphatic carbocycles. The Hall–Kier alpha value is -4.07. The monoisotopic (exact) mass is 428 g/mol. The molecule has 1 N–H and O–H groups in total. The first kappa shape index (κ1) is 21.2. The summed E-state index contributed by atoms with van der Waals surface area (Å²) < 4.78 is 6.88. The number of aryl methyl sites for hydroxylation is 1. The number of nitrogens with one attached hydrogen (secondary N) is 1. The molecule has 0 unspecified atom stereocenters. The first-order chi connectivity index (χ1) is 15.7. The number of rotatable bonds is 8. The Kier molecular flexibility index (Phi) is 6.50. The van der Waals surface area contributed by atoms with Gasteiger partial charge in [-0.1, -0.05) is 12.1 Å². The van der Waals surface area contributed by atoms with E-state index < -0.39 is 0 Å². The van der Waals surface area contributed by atoms with Crippen molar-refractivity contribution in [3.05, 3.63) is 84.1 Å². The predicted octanol–water partition coefficient (Wildman–Crippen LogP) is 3.40. The molecule has 0 spiro atoms. The smallest absolute Gasteiger partial charge is 0.254 e. The van der Waals surface area contributed by atoms with Crippen LogP contribution >= 0.6 is 0 Å². The van der Waals surface area contributed by atoms with Gasteiger partial charge in [-0.05, 0) is 55.7 Å². The normalized spacial score (nSPS) is 10.7. The van der Waals surface area contributed by atoms with Crippen LogP contribution in [0.25, 0.3) is 17.2 Å². The molecule has 3 aromatic heterocycles. The Balaban J connectivity index is 1.45. The molecular formula is C24H24N6O2. The van der Waals surface area contributed by atoms with E-state index in [1.807, 2.05) is 49.4 Å². The lowest BCUT2D eigenvalue weighted by molar-refractivity contribution is 0.0952. The topological polar surface area (TPSA) is 94.8 Å². The lowest BCUT2D eigenvalue weighted by atomic mass is 10.1. The number of pyridine rings is 1. The van der Waals surface area contributed by atoms with Crippen molar-refractivity contribution in [1.82, 2.24) is 30.0 Å². The molecule has 3 heterocycles. The Morgan fingerprint density at radius 2 is 1.97 bits per heavy atom. The molecule has 162 valence electrons. The van der Waals surface area contributed by atoms with E-state index in [0.717, 1.165) is 29.8 Å². The summed E-state index contributed by atoms with van der Waals surface area (Å²) in [4.78, 5) is 25.6. The van der Waals surface area contributed by atoms with Crippen molar-refractivity contribution in [3.63, 3.8) is 0 Å². The van der Waals surface area contributed by atoms with Gasteiger partial charge in [0.15, 0.2) is 0 Å². The molecule has 1 aromatic carbocycles. The molecule has 0 bridgehead atoms. The van der Waals surface area contributed by atoms with E-state index in [1.54, 1.807) is 36.6 Å². The molecule has 4 aromatic rings. The van der Waals surface area contributed by atoms with Gasteiger partial charge < -0.3 is 10.1 Å². The molecule has 1 amide bonds. The molecule has 0 aliphatic heterocycles. The van der Waals surface area contributed by atoms with Crippen LogP contribution in [0.5, 0.6) is 5.75 Å². The first-order valence-corrected chi connectivity index (χ1v) is 10.4. The third kappa shape index (κ3) is 4.80. The molecule has 0 saturated heterocycles. The Morgan fingerprint density at radius 3 is 2.78 bits per heavy atom. The van der Waals surface area contributed by atoms with E-state index in [1.165, 1.54) is 5.56 Å². The number of benzene rings is 1. The van der Waals surface area contributed by atoms with Gasteiger partial charge in [-0.2, -0.15) is 5.10 Å². The van der Waals surface area contributed by atoms with Crippen molar-refractivity contribution in [2.24, 2.45) is 0 Å². The predicted molar refractivity (Wildman–Crippen MR) is 121 cm³/mol. The molecule has 8 heteroatoms. The fourth-order valence-corrected chi connectivity index (χ4v) is 3.37. The van der Waals surface area contributed by atoms with Gasteiger partial charge in [-0.15, -0.1) is 0 Å². The van der Waals surface area contributed by atoms with E-state index in [4.69, 9.17) is 4.74 Å². The van der Waals surface area contributed by atoms with Crippen molar-refractivity contribution in [2.75, 3.05) is 13.7 Å². The van der Waals surface area contributed by atoms with Crippen LogP contribution in [0.4, 0.5) is 0 Å². The summed E-state index contributed by atoms with van der Waals surface area (Å²) in [5.41, 5.74) is 4.03. The second-order valence-electron chi connectivity index (χ2n) is 7.24. The number of hydrogen-bond donors (Lipinski definition) is 1. The van der Waals surface area contributed by atoms with E-state index >= 15 is 0 Å². The number of nitrogens with zero attached hydrogens (tertiary/aromatic N) is 5. The third-order valence-corrected chi connectivity index (χ3v) is 5.13. The number of hydrogen-bond acceptors (Lipinski definition) is 6. The molecule has 32 heavy (non-hydrogen) atoms.